The van der Waals surface area contributed by atoms with Gasteiger partial charge in [-0.15, -0.1) is 0 Å². The van der Waals surface area contributed by atoms with Gasteiger partial charge in [0.25, 0.3) is 0 Å². The maximum atomic E-state index is 4.85. The molecule has 2 nitrogen and oxygen atoms in total. The summed E-state index contributed by atoms with van der Waals surface area (Å²) in [7, 11) is 0. The molecule has 0 aliphatic rings. The predicted molar refractivity (Wildman–Crippen MR) is 41.4 cm³/mol. The lowest BCUT2D eigenvalue weighted by Gasteiger charge is -2.00. The first kappa shape index (κ1) is 9.92. The van der Waals surface area contributed by atoms with E-state index < -0.39 is 0 Å². The van der Waals surface area contributed by atoms with Gasteiger partial charge in [0.2, 0.25) is 0 Å². The molecule has 0 atom stereocenters. The second-order valence-corrected chi connectivity index (χ2v) is 2.20. The third-order valence-corrected chi connectivity index (χ3v) is 1.14. The van der Waals surface area contributed by atoms with Gasteiger partial charge in [0.05, 0.1) is 13.2 Å². The van der Waals surface area contributed by atoms with Gasteiger partial charge in [-0.2, -0.15) is 0 Å². The topological polar surface area (TPSA) is 18.5 Å². The second-order valence-electron chi connectivity index (χ2n) is 2.20. The first-order valence-corrected chi connectivity index (χ1v) is 3.95. The molecule has 2 heteroatoms. The van der Waals surface area contributed by atoms with E-state index in [1.807, 2.05) is 0 Å². The number of hydrogen-bond donors (Lipinski definition) is 0. The van der Waals surface area contributed by atoms with Crippen molar-refractivity contribution < 1.29 is 9.78 Å². The first-order valence-electron chi connectivity index (χ1n) is 3.95. The maximum absolute atomic E-state index is 4.85. The summed E-state index contributed by atoms with van der Waals surface area (Å²) >= 11 is 0. The Hall–Kier alpha value is -0.0800. The van der Waals surface area contributed by atoms with E-state index in [9.17, 15) is 0 Å². The van der Waals surface area contributed by atoms with Crippen molar-refractivity contribution in [2.75, 3.05) is 13.2 Å². The number of rotatable bonds is 7. The normalized spacial score (nSPS) is 10.2. The van der Waals surface area contributed by atoms with Gasteiger partial charge in [-0.05, 0) is 12.8 Å². The minimum absolute atomic E-state index is 0.674. The molecule has 0 aromatic heterocycles. The lowest BCUT2D eigenvalue weighted by atomic mass is 10.4. The molecule has 0 heterocycles. The molecule has 0 unspecified atom stereocenters. The van der Waals surface area contributed by atoms with Crippen LogP contribution in [0.3, 0.4) is 0 Å². The zero-order valence-electron chi connectivity index (χ0n) is 6.77. The van der Waals surface area contributed by atoms with E-state index in [4.69, 9.17) is 9.78 Å². The molecule has 1 radical (unpaired) electrons. The summed E-state index contributed by atoms with van der Waals surface area (Å²) in [6.45, 7) is 7.20. The zero-order valence-corrected chi connectivity index (χ0v) is 6.77. The second kappa shape index (κ2) is 8.92. The highest BCUT2D eigenvalue weighted by molar-refractivity contribution is 4.36. The van der Waals surface area contributed by atoms with E-state index >= 15 is 0 Å². The molecule has 0 aliphatic heterocycles. The van der Waals surface area contributed by atoms with Gasteiger partial charge in [-0.3, -0.25) is 0 Å². The fraction of sp³-hybridized carbons (Fsp3) is 0.875. The number of unbranched alkanes of at least 4 members (excludes halogenated alkanes) is 2. The van der Waals surface area contributed by atoms with Crippen LogP contribution in [0, 0.1) is 6.92 Å². The maximum Gasteiger partial charge on any atom is 0.0822 e. The summed E-state index contributed by atoms with van der Waals surface area (Å²) < 4.78 is 0. The molecule has 0 spiro atoms. The third kappa shape index (κ3) is 7.92. The van der Waals surface area contributed by atoms with E-state index in [0.717, 1.165) is 25.7 Å². The highest BCUT2D eigenvalue weighted by Gasteiger charge is 1.86. The van der Waals surface area contributed by atoms with Crippen LogP contribution in [0.2, 0.25) is 0 Å². The van der Waals surface area contributed by atoms with Crippen LogP contribution in [-0.4, -0.2) is 13.2 Å². The van der Waals surface area contributed by atoms with Crippen LogP contribution < -0.4 is 0 Å². The van der Waals surface area contributed by atoms with Crippen molar-refractivity contribution in [3.63, 3.8) is 0 Å². The lowest BCUT2D eigenvalue weighted by molar-refractivity contribution is -0.295. The quantitative estimate of drug-likeness (QED) is 0.311. The van der Waals surface area contributed by atoms with Crippen molar-refractivity contribution in [1.29, 1.82) is 0 Å². The lowest BCUT2D eigenvalue weighted by Crippen LogP contribution is -1.97. The average Bonchev–Trinajstić information content (AvgIpc) is 1.97. The molecule has 61 valence electrons. The Morgan fingerprint density at radius 2 is 1.70 bits per heavy atom. The van der Waals surface area contributed by atoms with Crippen LogP contribution in [0.1, 0.15) is 32.6 Å². The largest absolute Gasteiger partial charge is 0.237 e. The van der Waals surface area contributed by atoms with Gasteiger partial charge < -0.3 is 0 Å². The molecule has 0 saturated heterocycles. The van der Waals surface area contributed by atoms with Crippen LogP contribution in [0.5, 0.6) is 0 Å². The standard InChI is InChI=1S/C8H17O2/c1-3-5-7-9-10-8-6-4-2/h1,3-8H2,2H3. The highest BCUT2D eigenvalue weighted by atomic mass is 17.2. The molecule has 0 bridgehead atoms. The van der Waals surface area contributed by atoms with Crippen LogP contribution in [0.25, 0.3) is 0 Å². The minimum atomic E-state index is 0.674. The van der Waals surface area contributed by atoms with Gasteiger partial charge in [0, 0.05) is 0 Å². The van der Waals surface area contributed by atoms with E-state index in [1.165, 1.54) is 0 Å². The van der Waals surface area contributed by atoms with E-state index in [1.54, 1.807) is 0 Å². The van der Waals surface area contributed by atoms with E-state index in [2.05, 4.69) is 13.8 Å². The molecule has 0 aromatic rings. The van der Waals surface area contributed by atoms with Crippen molar-refractivity contribution >= 4 is 0 Å². The first-order chi connectivity index (χ1) is 4.91. The molecule has 10 heavy (non-hydrogen) atoms. The van der Waals surface area contributed by atoms with Gasteiger partial charge in [0.15, 0.2) is 0 Å². The Morgan fingerprint density at radius 1 is 1.10 bits per heavy atom. The SMILES string of the molecule is [CH2]CCCOOCCCC. The molecule has 0 fully saturated rings. The Kier molecular flexibility index (Phi) is 8.85. The summed E-state index contributed by atoms with van der Waals surface area (Å²) in [5, 5.41) is 0. The summed E-state index contributed by atoms with van der Waals surface area (Å²) in [6, 6.07) is 0. The Bertz CT molecular complexity index is 47.2. The molecule has 0 saturated carbocycles. The molecule has 0 rings (SSSR count). The Morgan fingerprint density at radius 3 is 2.20 bits per heavy atom. The fourth-order valence-corrected chi connectivity index (χ4v) is 0.482. The fourth-order valence-electron chi connectivity index (χ4n) is 0.482. The van der Waals surface area contributed by atoms with Crippen molar-refractivity contribution in [3.05, 3.63) is 6.92 Å². The summed E-state index contributed by atoms with van der Waals surface area (Å²) in [5.41, 5.74) is 0. The van der Waals surface area contributed by atoms with Crippen LogP contribution in [0.4, 0.5) is 0 Å². The molecular weight excluding hydrogens is 128 g/mol. The minimum Gasteiger partial charge on any atom is -0.237 e. The van der Waals surface area contributed by atoms with E-state index in [-0.39, 0.29) is 0 Å². The van der Waals surface area contributed by atoms with E-state index in [0.29, 0.717) is 13.2 Å². The van der Waals surface area contributed by atoms with Crippen molar-refractivity contribution in [2.24, 2.45) is 0 Å². The molecular formula is C8H17O2. The molecule has 0 aromatic carbocycles. The summed E-state index contributed by atoms with van der Waals surface area (Å²) in [4.78, 5) is 9.68. The van der Waals surface area contributed by atoms with Crippen molar-refractivity contribution in [3.8, 4) is 0 Å². The molecule has 0 amide bonds. The Balaban J connectivity index is 2.65. The average molecular weight is 145 g/mol. The smallest absolute Gasteiger partial charge is 0.0822 e. The van der Waals surface area contributed by atoms with Crippen LogP contribution in [0.15, 0.2) is 0 Å². The zero-order chi connectivity index (χ0) is 7.66. The van der Waals surface area contributed by atoms with Crippen LogP contribution >= 0.6 is 0 Å². The van der Waals surface area contributed by atoms with Gasteiger partial charge in [-0.25, -0.2) is 9.78 Å². The molecule has 0 N–H and O–H groups in total. The highest BCUT2D eigenvalue weighted by Crippen LogP contribution is 1.91. The van der Waals surface area contributed by atoms with Crippen molar-refractivity contribution in [1.82, 2.24) is 0 Å². The summed E-state index contributed by atoms with van der Waals surface area (Å²) in [6.07, 6.45) is 4.12. The third-order valence-electron chi connectivity index (χ3n) is 1.14. The Labute approximate surface area is 63.5 Å². The van der Waals surface area contributed by atoms with Crippen LogP contribution in [-0.2, 0) is 9.78 Å². The van der Waals surface area contributed by atoms with Crippen molar-refractivity contribution in [2.45, 2.75) is 32.6 Å². The van der Waals surface area contributed by atoms with Gasteiger partial charge >= 0.3 is 0 Å². The van der Waals surface area contributed by atoms with Gasteiger partial charge in [0.1, 0.15) is 0 Å². The predicted octanol–water partition coefficient (Wildman–Crippen LogP) is 2.35. The summed E-state index contributed by atoms with van der Waals surface area (Å²) in [5.74, 6) is 0. The van der Waals surface area contributed by atoms with Gasteiger partial charge in [-0.1, -0.05) is 26.7 Å². The monoisotopic (exact) mass is 145 g/mol. The molecule has 0 aliphatic carbocycles. The number of hydrogen-bond acceptors (Lipinski definition) is 2.